The van der Waals surface area contributed by atoms with Gasteiger partial charge in [0.1, 0.15) is 12.2 Å². The van der Waals surface area contributed by atoms with Crippen molar-refractivity contribution in [1.82, 2.24) is 19.6 Å². The summed E-state index contributed by atoms with van der Waals surface area (Å²) in [5.74, 6) is -0.428. The molecule has 0 aliphatic carbocycles. The third-order valence-electron chi connectivity index (χ3n) is 6.34. The maximum atomic E-state index is 13.0. The van der Waals surface area contributed by atoms with Gasteiger partial charge < -0.3 is 24.0 Å². The van der Waals surface area contributed by atoms with Crippen LogP contribution in [0.4, 0.5) is 9.59 Å². The van der Waals surface area contributed by atoms with Crippen LogP contribution < -0.4 is 0 Å². The summed E-state index contributed by atoms with van der Waals surface area (Å²) in [6.45, 7) is 7.09. The Morgan fingerprint density at radius 3 is 2.47 bits per heavy atom. The van der Waals surface area contributed by atoms with Crippen molar-refractivity contribution in [1.29, 1.82) is 0 Å². The van der Waals surface area contributed by atoms with E-state index in [0.717, 1.165) is 11.1 Å². The van der Waals surface area contributed by atoms with Gasteiger partial charge in [-0.05, 0) is 44.9 Å². The summed E-state index contributed by atoms with van der Waals surface area (Å²) in [5.41, 5.74) is 1.49. The van der Waals surface area contributed by atoms with Crippen LogP contribution in [0.3, 0.4) is 0 Å². The standard InChI is InChI=1S/C28H34N4O6/c1-28(2,3)38-27(35)31-16-15-30(26(34)37-19-20-9-6-5-7-10-20)18-21(31)13-14-32-24-12-8-11-22(25(33)36-4)23(24)17-29-32/h5-12,17,21H,13-16,18-19H2,1-4H3/t21-/m1/s1. The van der Waals surface area contributed by atoms with Crippen molar-refractivity contribution < 1.29 is 28.6 Å². The van der Waals surface area contributed by atoms with Crippen LogP contribution in [0.1, 0.15) is 43.1 Å². The molecule has 1 saturated heterocycles. The molecule has 10 heteroatoms. The summed E-state index contributed by atoms with van der Waals surface area (Å²) >= 11 is 0. The highest BCUT2D eigenvalue weighted by Crippen LogP contribution is 2.23. The molecule has 2 aromatic carbocycles. The molecule has 1 atom stereocenters. The Labute approximate surface area is 222 Å². The third kappa shape index (κ3) is 6.42. The van der Waals surface area contributed by atoms with Crippen molar-refractivity contribution in [2.45, 2.75) is 52.0 Å². The fourth-order valence-electron chi connectivity index (χ4n) is 4.48. The van der Waals surface area contributed by atoms with Gasteiger partial charge in [-0.2, -0.15) is 5.10 Å². The molecule has 0 saturated carbocycles. The molecule has 1 fully saturated rings. The molecular formula is C28H34N4O6. The first-order valence-electron chi connectivity index (χ1n) is 12.6. The van der Waals surface area contributed by atoms with Crippen LogP contribution in [-0.4, -0.2) is 76.1 Å². The highest BCUT2D eigenvalue weighted by Gasteiger charge is 2.35. The van der Waals surface area contributed by atoms with E-state index in [1.54, 1.807) is 32.8 Å². The van der Waals surface area contributed by atoms with Crippen LogP contribution in [0, 0.1) is 0 Å². The Balaban J connectivity index is 1.48. The number of esters is 1. The predicted molar refractivity (Wildman–Crippen MR) is 141 cm³/mol. The molecule has 0 bridgehead atoms. The van der Waals surface area contributed by atoms with Crippen LogP contribution in [0.15, 0.2) is 54.7 Å². The van der Waals surface area contributed by atoms with E-state index in [9.17, 15) is 14.4 Å². The lowest BCUT2D eigenvalue weighted by Gasteiger charge is -2.41. The molecule has 3 aromatic rings. The Hall–Kier alpha value is -4.08. The highest BCUT2D eigenvalue weighted by atomic mass is 16.6. The molecule has 4 rings (SSSR count). The average molecular weight is 523 g/mol. The first-order chi connectivity index (χ1) is 18.2. The number of fused-ring (bicyclic) bond motifs is 1. The maximum Gasteiger partial charge on any atom is 0.410 e. The number of methoxy groups -OCH3 is 1. The number of piperazine rings is 1. The molecule has 10 nitrogen and oxygen atoms in total. The molecule has 0 spiro atoms. The van der Waals surface area contributed by atoms with Gasteiger partial charge >= 0.3 is 18.2 Å². The zero-order valence-corrected chi connectivity index (χ0v) is 22.3. The highest BCUT2D eigenvalue weighted by molar-refractivity contribution is 6.03. The topological polar surface area (TPSA) is 103 Å². The number of ether oxygens (including phenoxy) is 3. The quantitative estimate of drug-likeness (QED) is 0.348. The van der Waals surface area contributed by atoms with Gasteiger partial charge in [-0.15, -0.1) is 0 Å². The van der Waals surface area contributed by atoms with Gasteiger partial charge in [0.25, 0.3) is 0 Å². The van der Waals surface area contributed by atoms with E-state index >= 15 is 0 Å². The zero-order valence-electron chi connectivity index (χ0n) is 22.3. The fourth-order valence-corrected chi connectivity index (χ4v) is 4.48. The van der Waals surface area contributed by atoms with Gasteiger partial charge in [0.2, 0.25) is 0 Å². The molecular weight excluding hydrogens is 488 g/mol. The van der Waals surface area contributed by atoms with Crippen LogP contribution in [-0.2, 0) is 27.4 Å². The smallest absolute Gasteiger partial charge is 0.410 e. The molecule has 0 N–H and O–H groups in total. The summed E-state index contributed by atoms with van der Waals surface area (Å²) < 4.78 is 17.9. The van der Waals surface area contributed by atoms with Gasteiger partial charge in [0.05, 0.1) is 30.4 Å². The van der Waals surface area contributed by atoms with Crippen molar-refractivity contribution >= 4 is 29.1 Å². The number of aryl methyl sites for hydroxylation is 1. The molecule has 2 amide bonds. The largest absolute Gasteiger partial charge is 0.465 e. The fraction of sp³-hybridized carbons (Fsp3) is 0.429. The molecule has 1 aliphatic heterocycles. The second kappa shape index (κ2) is 11.5. The summed E-state index contributed by atoms with van der Waals surface area (Å²) in [7, 11) is 1.34. The van der Waals surface area contributed by atoms with Gasteiger partial charge in [-0.1, -0.05) is 36.4 Å². The summed E-state index contributed by atoms with van der Waals surface area (Å²) in [6, 6.07) is 14.5. The molecule has 1 aromatic heterocycles. The van der Waals surface area contributed by atoms with E-state index < -0.39 is 23.8 Å². The monoisotopic (exact) mass is 522 g/mol. The molecule has 38 heavy (non-hydrogen) atoms. The second-order valence-corrected chi connectivity index (χ2v) is 10.2. The van der Waals surface area contributed by atoms with Gasteiger partial charge in [0, 0.05) is 31.6 Å². The van der Waals surface area contributed by atoms with Crippen LogP contribution >= 0.6 is 0 Å². The van der Waals surface area contributed by atoms with Crippen molar-refractivity contribution in [3.05, 3.63) is 65.9 Å². The lowest BCUT2D eigenvalue weighted by molar-refractivity contribution is -0.00509. The lowest BCUT2D eigenvalue weighted by Crippen LogP contribution is -2.57. The van der Waals surface area contributed by atoms with Crippen LogP contribution in [0.5, 0.6) is 0 Å². The molecule has 1 aliphatic rings. The predicted octanol–water partition coefficient (Wildman–Crippen LogP) is 4.47. The minimum atomic E-state index is -0.643. The lowest BCUT2D eigenvalue weighted by atomic mass is 10.1. The number of hydrogen-bond acceptors (Lipinski definition) is 7. The van der Waals surface area contributed by atoms with Gasteiger partial charge in [-0.25, -0.2) is 14.4 Å². The Morgan fingerprint density at radius 1 is 1.00 bits per heavy atom. The second-order valence-electron chi connectivity index (χ2n) is 10.2. The minimum absolute atomic E-state index is 0.179. The molecule has 0 radical (unpaired) electrons. The SMILES string of the molecule is COC(=O)c1cccc2c1cnn2CC[C@@H]1CN(C(=O)OCc2ccccc2)CCN1C(=O)OC(C)(C)C. The summed E-state index contributed by atoms with van der Waals surface area (Å²) in [4.78, 5) is 41.4. The van der Waals surface area contributed by atoms with Gasteiger partial charge in [0.15, 0.2) is 0 Å². The molecule has 2 heterocycles. The van der Waals surface area contributed by atoms with Crippen LogP contribution in [0.25, 0.3) is 10.9 Å². The Bertz CT molecular complexity index is 1280. The zero-order chi connectivity index (χ0) is 27.3. The van der Waals surface area contributed by atoms with E-state index in [0.29, 0.717) is 43.5 Å². The summed E-state index contributed by atoms with van der Waals surface area (Å²) in [6.07, 6.45) is 1.32. The van der Waals surface area contributed by atoms with Crippen molar-refractivity contribution in [2.24, 2.45) is 0 Å². The third-order valence-corrected chi connectivity index (χ3v) is 6.34. The van der Waals surface area contributed by atoms with Crippen molar-refractivity contribution in [2.75, 3.05) is 26.7 Å². The number of nitrogens with zero attached hydrogens (tertiary/aromatic N) is 4. The first kappa shape index (κ1) is 27.0. The number of hydrogen-bond donors (Lipinski definition) is 0. The first-order valence-corrected chi connectivity index (χ1v) is 12.6. The van der Waals surface area contributed by atoms with E-state index in [2.05, 4.69) is 5.10 Å². The number of carbonyl (C=O) groups is 3. The number of aromatic nitrogens is 2. The molecule has 0 unspecified atom stereocenters. The number of amides is 2. The van der Waals surface area contributed by atoms with Gasteiger partial charge in [-0.3, -0.25) is 4.68 Å². The normalized spacial score (nSPS) is 15.8. The van der Waals surface area contributed by atoms with E-state index in [1.807, 2.05) is 57.2 Å². The molecule has 202 valence electrons. The Kier molecular flexibility index (Phi) is 8.19. The average Bonchev–Trinajstić information content (AvgIpc) is 3.32. The van der Waals surface area contributed by atoms with Crippen LogP contribution in [0.2, 0.25) is 0 Å². The van der Waals surface area contributed by atoms with Crippen molar-refractivity contribution in [3.63, 3.8) is 0 Å². The summed E-state index contributed by atoms with van der Waals surface area (Å²) in [5, 5.41) is 5.17. The van der Waals surface area contributed by atoms with E-state index in [-0.39, 0.29) is 12.6 Å². The van der Waals surface area contributed by atoms with Crippen molar-refractivity contribution in [3.8, 4) is 0 Å². The Morgan fingerprint density at radius 2 is 1.76 bits per heavy atom. The van der Waals surface area contributed by atoms with E-state index in [4.69, 9.17) is 14.2 Å². The number of carbonyl (C=O) groups excluding carboxylic acids is 3. The van der Waals surface area contributed by atoms with E-state index in [1.165, 1.54) is 7.11 Å². The number of rotatable bonds is 6. The maximum absolute atomic E-state index is 13.0. The number of benzene rings is 2. The minimum Gasteiger partial charge on any atom is -0.465 e.